The van der Waals surface area contributed by atoms with Crippen molar-refractivity contribution in [2.24, 2.45) is 0 Å². The number of carbonyl (C=O) groups is 2. The SMILES string of the molecule is C=CCn1c(CCNC(=O)c2ccccc2F)nnc1SCC(=O)Nc1ccc(C(C)C)cc1. The molecule has 2 amide bonds. The number of benzene rings is 2. The minimum absolute atomic E-state index is 0.00355. The van der Waals surface area contributed by atoms with Crippen LogP contribution in [0, 0.1) is 5.82 Å². The highest BCUT2D eigenvalue weighted by atomic mass is 32.2. The van der Waals surface area contributed by atoms with E-state index in [9.17, 15) is 14.0 Å². The number of thioether (sulfide) groups is 1. The monoisotopic (exact) mass is 481 g/mol. The summed E-state index contributed by atoms with van der Waals surface area (Å²) in [4.78, 5) is 24.6. The van der Waals surface area contributed by atoms with Crippen molar-refractivity contribution in [1.82, 2.24) is 20.1 Å². The van der Waals surface area contributed by atoms with E-state index in [1.807, 2.05) is 28.8 Å². The van der Waals surface area contributed by atoms with Crippen LogP contribution < -0.4 is 10.6 Å². The van der Waals surface area contributed by atoms with Gasteiger partial charge in [-0.25, -0.2) is 4.39 Å². The molecule has 7 nitrogen and oxygen atoms in total. The molecular weight excluding hydrogens is 453 g/mol. The van der Waals surface area contributed by atoms with E-state index in [1.54, 1.807) is 12.1 Å². The molecule has 0 radical (unpaired) electrons. The Balaban J connectivity index is 1.54. The Morgan fingerprint density at radius 1 is 1.15 bits per heavy atom. The van der Waals surface area contributed by atoms with E-state index in [0.29, 0.717) is 29.9 Å². The van der Waals surface area contributed by atoms with E-state index in [4.69, 9.17) is 0 Å². The van der Waals surface area contributed by atoms with Gasteiger partial charge in [0.25, 0.3) is 5.91 Å². The van der Waals surface area contributed by atoms with E-state index >= 15 is 0 Å². The standard InChI is InChI=1S/C25H28FN5O2S/c1-4-15-31-22(13-14-27-24(33)20-7-5-6-8-21(20)26)29-30-25(31)34-16-23(32)28-19-11-9-18(10-12-19)17(2)3/h4-12,17H,1,13-16H2,2-3H3,(H,27,33)(H,28,32). The maximum absolute atomic E-state index is 13.8. The third kappa shape index (κ3) is 6.77. The second-order valence-electron chi connectivity index (χ2n) is 7.90. The first-order chi connectivity index (χ1) is 16.4. The van der Waals surface area contributed by atoms with E-state index in [1.165, 1.54) is 35.5 Å². The highest BCUT2D eigenvalue weighted by Gasteiger charge is 2.15. The quantitative estimate of drug-likeness (QED) is 0.312. The Bertz CT molecular complexity index is 1140. The number of hydrogen-bond donors (Lipinski definition) is 2. The highest BCUT2D eigenvalue weighted by Crippen LogP contribution is 2.20. The topological polar surface area (TPSA) is 88.9 Å². The second kappa shape index (κ2) is 12.1. The van der Waals surface area contributed by atoms with Crippen LogP contribution in [-0.4, -0.2) is 38.9 Å². The number of halogens is 1. The molecule has 178 valence electrons. The summed E-state index contributed by atoms with van der Waals surface area (Å²) in [5.41, 5.74) is 1.95. The summed E-state index contributed by atoms with van der Waals surface area (Å²) in [5, 5.41) is 14.6. The molecule has 34 heavy (non-hydrogen) atoms. The fourth-order valence-corrected chi connectivity index (χ4v) is 4.00. The van der Waals surface area contributed by atoms with Crippen LogP contribution in [0.15, 0.2) is 66.3 Å². The summed E-state index contributed by atoms with van der Waals surface area (Å²) in [6.07, 6.45) is 2.11. The molecule has 2 aromatic carbocycles. The van der Waals surface area contributed by atoms with Crippen LogP contribution in [0.25, 0.3) is 0 Å². The number of rotatable bonds is 11. The predicted molar refractivity (Wildman–Crippen MR) is 133 cm³/mol. The number of hydrogen-bond acceptors (Lipinski definition) is 5. The maximum atomic E-state index is 13.8. The summed E-state index contributed by atoms with van der Waals surface area (Å²) in [5.74, 6) is 0.0439. The first-order valence-corrected chi connectivity index (χ1v) is 12.0. The Morgan fingerprint density at radius 3 is 2.56 bits per heavy atom. The van der Waals surface area contributed by atoms with Gasteiger partial charge in [0.1, 0.15) is 11.6 Å². The summed E-state index contributed by atoms with van der Waals surface area (Å²) in [7, 11) is 0. The number of nitrogens with zero attached hydrogens (tertiary/aromatic N) is 3. The molecule has 1 heterocycles. The zero-order valence-corrected chi connectivity index (χ0v) is 20.1. The summed E-state index contributed by atoms with van der Waals surface area (Å²) in [6.45, 7) is 8.74. The van der Waals surface area contributed by atoms with Crippen molar-refractivity contribution in [2.45, 2.75) is 37.9 Å². The lowest BCUT2D eigenvalue weighted by Gasteiger charge is -2.10. The fourth-order valence-electron chi connectivity index (χ4n) is 3.23. The smallest absolute Gasteiger partial charge is 0.254 e. The summed E-state index contributed by atoms with van der Waals surface area (Å²) in [6, 6.07) is 13.6. The molecular formula is C25H28FN5O2S. The predicted octanol–water partition coefficient (Wildman–Crippen LogP) is 4.43. The molecule has 0 aliphatic heterocycles. The van der Waals surface area contributed by atoms with Gasteiger partial charge in [-0.2, -0.15) is 0 Å². The third-order valence-corrected chi connectivity index (χ3v) is 6.02. The van der Waals surface area contributed by atoms with E-state index in [-0.39, 0.29) is 23.8 Å². The van der Waals surface area contributed by atoms with E-state index < -0.39 is 11.7 Å². The van der Waals surface area contributed by atoms with Gasteiger partial charge in [-0.15, -0.1) is 16.8 Å². The van der Waals surface area contributed by atoms with Crippen molar-refractivity contribution >= 4 is 29.3 Å². The zero-order valence-electron chi connectivity index (χ0n) is 19.3. The van der Waals surface area contributed by atoms with Gasteiger partial charge in [0, 0.05) is 25.2 Å². The summed E-state index contributed by atoms with van der Waals surface area (Å²) >= 11 is 1.27. The first-order valence-electron chi connectivity index (χ1n) is 11.0. The van der Waals surface area contributed by atoms with Crippen LogP contribution in [-0.2, 0) is 17.8 Å². The molecule has 0 atom stereocenters. The molecule has 0 fully saturated rings. The molecule has 0 aliphatic rings. The summed E-state index contributed by atoms with van der Waals surface area (Å²) < 4.78 is 15.6. The average molecular weight is 482 g/mol. The molecule has 0 saturated heterocycles. The molecule has 0 unspecified atom stereocenters. The molecule has 0 saturated carbocycles. The number of nitrogens with one attached hydrogen (secondary N) is 2. The van der Waals surface area contributed by atoms with Crippen molar-refractivity contribution in [3.63, 3.8) is 0 Å². The molecule has 0 spiro atoms. The Labute approximate surface area is 202 Å². The lowest BCUT2D eigenvalue weighted by Crippen LogP contribution is -2.27. The van der Waals surface area contributed by atoms with Crippen molar-refractivity contribution in [3.8, 4) is 0 Å². The van der Waals surface area contributed by atoms with Gasteiger partial charge in [-0.3, -0.25) is 9.59 Å². The lowest BCUT2D eigenvalue weighted by molar-refractivity contribution is -0.113. The Hall–Kier alpha value is -3.46. The lowest BCUT2D eigenvalue weighted by atomic mass is 10.0. The molecule has 3 aromatic rings. The van der Waals surface area contributed by atoms with Gasteiger partial charge >= 0.3 is 0 Å². The van der Waals surface area contributed by atoms with E-state index in [0.717, 1.165) is 5.69 Å². The van der Waals surface area contributed by atoms with Crippen LogP contribution in [0.4, 0.5) is 10.1 Å². The Kier molecular flexibility index (Phi) is 8.98. The molecule has 1 aromatic heterocycles. The van der Waals surface area contributed by atoms with Gasteiger partial charge in [-0.1, -0.05) is 56.0 Å². The highest BCUT2D eigenvalue weighted by molar-refractivity contribution is 7.99. The minimum atomic E-state index is -0.567. The minimum Gasteiger partial charge on any atom is -0.351 e. The van der Waals surface area contributed by atoms with Gasteiger partial charge < -0.3 is 15.2 Å². The van der Waals surface area contributed by atoms with Crippen molar-refractivity contribution in [1.29, 1.82) is 0 Å². The van der Waals surface area contributed by atoms with Crippen molar-refractivity contribution < 1.29 is 14.0 Å². The first kappa shape index (κ1) is 25.2. The van der Waals surface area contributed by atoms with Crippen molar-refractivity contribution in [3.05, 3.63) is 84.0 Å². The van der Waals surface area contributed by atoms with Crippen molar-refractivity contribution in [2.75, 3.05) is 17.6 Å². The molecule has 0 bridgehead atoms. The van der Waals surface area contributed by atoms with Gasteiger partial charge in [-0.05, 0) is 35.7 Å². The normalized spacial score (nSPS) is 10.8. The van der Waals surface area contributed by atoms with E-state index in [2.05, 4.69) is 41.3 Å². The zero-order chi connectivity index (χ0) is 24.5. The largest absolute Gasteiger partial charge is 0.351 e. The number of anilines is 1. The van der Waals surface area contributed by atoms with Crippen LogP contribution in [0.2, 0.25) is 0 Å². The van der Waals surface area contributed by atoms with Gasteiger partial charge in [0.05, 0.1) is 11.3 Å². The fraction of sp³-hybridized carbons (Fsp3) is 0.280. The van der Waals surface area contributed by atoms with Gasteiger partial charge in [0.15, 0.2) is 5.16 Å². The van der Waals surface area contributed by atoms with Crippen LogP contribution in [0.3, 0.4) is 0 Å². The van der Waals surface area contributed by atoms with Gasteiger partial charge in [0.2, 0.25) is 5.91 Å². The third-order valence-electron chi connectivity index (χ3n) is 5.05. The molecule has 0 aliphatic carbocycles. The second-order valence-corrected chi connectivity index (χ2v) is 8.84. The number of amides is 2. The Morgan fingerprint density at radius 2 is 1.88 bits per heavy atom. The molecule has 3 rings (SSSR count). The van der Waals surface area contributed by atoms with Crippen LogP contribution >= 0.6 is 11.8 Å². The average Bonchev–Trinajstić information content (AvgIpc) is 3.20. The number of carbonyl (C=O) groups excluding carboxylic acids is 2. The maximum Gasteiger partial charge on any atom is 0.254 e. The molecule has 2 N–H and O–H groups in total. The number of aromatic nitrogens is 3. The van der Waals surface area contributed by atoms with Crippen LogP contribution in [0.1, 0.15) is 41.5 Å². The molecule has 9 heteroatoms. The number of allylic oxidation sites excluding steroid dienone is 1. The van der Waals surface area contributed by atoms with Crippen LogP contribution in [0.5, 0.6) is 0 Å².